The van der Waals surface area contributed by atoms with Gasteiger partial charge in [-0.05, 0) is 55.6 Å². The Bertz CT molecular complexity index is 1300. The smallest absolute Gasteiger partial charge is 0.240 e. The van der Waals surface area contributed by atoms with Gasteiger partial charge in [0, 0.05) is 30.7 Å². The fourth-order valence-corrected chi connectivity index (χ4v) is 5.47. The van der Waals surface area contributed by atoms with Crippen LogP contribution in [0.1, 0.15) is 24.6 Å². The summed E-state index contributed by atoms with van der Waals surface area (Å²) in [4.78, 5) is 5.68. The molecule has 7 nitrogen and oxygen atoms in total. The summed E-state index contributed by atoms with van der Waals surface area (Å²) in [6.45, 7) is 2.18. The van der Waals surface area contributed by atoms with Gasteiger partial charge >= 0.3 is 0 Å². The minimum Gasteiger partial charge on any atom is -0.361 e. The first-order valence-corrected chi connectivity index (χ1v) is 11.7. The number of para-hydroxylation sites is 1. The molecule has 0 spiro atoms. The van der Waals surface area contributed by atoms with Crippen LogP contribution in [0.3, 0.4) is 0 Å². The van der Waals surface area contributed by atoms with E-state index in [-0.39, 0.29) is 17.5 Å². The lowest BCUT2D eigenvalue weighted by molar-refractivity contribution is 0.242. The van der Waals surface area contributed by atoms with Gasteiger partial charge in [0.1, 0.15) is 0 Å². The maximum Gasteiger partial charge on any atom is 0.240 e. The van der Waals surface area contributed by atoms with Crippen LogP contribution < -0.4 is 4.72 Å². The van der Waals surface area contributed by atoms with Crippen LogP contribution in [0.2, 0.25) is 0 Å². The molecule has 0 unspecified atom stereocenters. The van der Waals surface area contributed by atoms with Crippen molar-refractivity contribution in [3.63, 3.8) is 0 Å². The minimum absolute atomic E-state index is 0.109. The van der Waals surface area contributed by atoms with Crippen LogP contribution in [0.4, 0.5) is 0 Å². The van der Waals surface area contributed by atoms with Gasteiger partial charge in [0.05, 0.1) is 22.1 Å². The highest BCUT2D eigenvalue weighted by molar-refractivity contribution is 7.89. The summed E-state index contributed by atoms with van der Waals surface area (Å²) >= 11 is 0. The fourth-order valence-electron chi connectivity index (χ4n) is 4.41. The van der Waals surface area contributed by atoms with E-state index in [4.69, 9.17) is 5.10 Å². The third-order valence-electron chi connectivity index (χ3n) is 5.99. The molecular weight excluding hydrogens is 398 g/mol. The van der Waals surface area contributed by atoms with E-state index < -0.39 is 10.0 Å². The number of aromatic nitrogens is 3. The molecule has 0 radical (unpaired) electrons. The SMILES string of the molecule is Cn1nc([C@@H](CNS(=O)(=O)c2ccc3cc[nH]c3c2)N2CCCC2)c2ccccc21. The highest BCUT2D eigenvalue weighted by atomic mass is 32.2. The number of H-pyrrole nitrogens is 1. The molecule has 1 aliphatic heterocycles. The molecule has 1 atom stereocenters. The van der Waals surface area contributed by atoms with Crippen LogP contribution in [0, 0.1) is 0 Å². The van der Waals surface area contributed by atoms with E-state index in [2.05, 4.69) is 20.7 Å². The van der Waals surface area contributed by atoms with E-state index in [0.717, 1.165) is 53.4 Å². The highest BCUT2D eigenvalue weighted by Gasteiger charge is 2.29. The fraction of sp³-hybridized carbons (Fsp3) is 0.318. The largest absolute Gasteiger partial charge is 0.361 e. The van der Waals surface area contributed by atoms with E-state index in [1.54, 1.807) is 12.1 Å². The number of likely N-dealkylation sites (tertiary alicyclic amines) is 1. The van der Waals surface area contributed by atoms with Gasteiger partial charge in [-0.2, -0.15) is 5.10 Å². The van der Waals surface area contributed by atoms with Crippen molar-refractivity contribution in [1.82, 2.24) is 24.4 Å². The molecule has 0 bridgehead atoms. The van der Waals surface area contributed by atoms with Crippen molar-refractivity contribution in [2.24, 2.45) is 7.05 Å². The Morgan fingerprint density at radius 2 is 1.93 bits per heavy atom. The van der Waals surface area contributed by atoms with Crippen molar-refractivity contribution in [2.75, 3.05) is 19.6 Å². The predicted molar refractivity (Wildman–Crippen MR) is 118 cm³/mol. The maximum absolute atomic E-state index is 13.0. The summed E-state index contributed by atoms with van der Waals surface area (Å²) in [5.74, 6) is 0. The van der Waals surface area contributed by atoms with Crippen LogP contribution in [0.5, 0.6) is 0 Å². The number of fused-ring (bicyclic) bond motifs is 2. The number of hydrogen-bond acceptors (Lipinski definition) is 4. The summed E-state index contributed by atoms with van der Waals surface area (Å²) in [6.07, 6.45) is 4.05. The molecule has 0 saturated carbocycles. The van der Waals surface area contributed by atoms with Crippen LogP contribution in [0.15, 0.2) is 59.6 Å². The second kappa shape index (κ2) is 7.54. The Morgan fingerprint density at radius 1 is 1.13 bits per heavy atom. The second-order valence-corrected chi connectivity index (χ2v) is 9.63. The molecular formula is C22H25N5O2S. The second-order valence-electron chi connectivity index (χ2n) is 7.86. The summed E-state index contributed by atoms with van der Waals surface area (Å²) < 4.78 is 30.8. The standard InChI is InChI=1S/C22H25N5O2S/c1-26-20-7-3-2-6-18(20)22(25-26)21(27-12-4-5-13-27)15-24-30(28,29)17-9-8-16-10-11-23-19(16)14-17/h2-3,6-11,14,21,23-24H,4-5,12-13,15H2,1H3/t21-/m1/s1. The molecule has 4 aromatic rings. The number of benzene rings is 2. The lowest BCUT2D eigenvalue weighted by Crippen LogP contribution is -2.37. The van der Waals surface area contributed by atoms with Gasteiger partial charge in [-0.15, -0.1) is 0 Å². The summed E-state index contributed by atoms with van der Waals surface area (Å²) in [5.41, 5.74) is 2.79. The van der Waals surface area contributed by atoms with Crippen molar-refractivity contribution in [3.8, 4) is 0 Å². The topological polar surface area (TPSA) is 83.0 Å². The van der Waals surface area contributed by atoms with Gasteiger partial charge in [-0.1, -0.05) is 24.3 Å². The van der Waals surface area contributed by atoms with Crippen LogP contribution in [0.25, 0.3) is 21.8 Å². The summed E-state index contributed by atoms with van der Waals surface area (Å²) in [6, 6.07) is 15.1. The van der Waals surface area contributed by atoms with Gasteiger partial charge in [0.15, 0.2) is 0 Å². The molecule has 0 amide bonds. The summed E-state index contributed by atoms with van der Waals surface area (Å²) in [7, 11) is -1.71. The van der Waals surface area contributed by atoms with E-state index in [1.165, 1.54) is 0 Å². The lowest BCUT2D eigenvalue weighted by atomic mass is 10.1. The number of aryl methyl sites for hydroxylation is 1. The van der Waals surface area contributed by atoms with E-state index >= 15 is 0 Å². The van der Waals surface area contributed by atoms with Crippen molar-refractivity contribution >= 4 is 31.8 Å². The van der Waals surface area contributed by atoms with Gasteiger partial charge < -0.3 is 4.98 Å². The van der Waals surface area contributed by atoms with Crippen molar-refractivity contribution < 1.29 is 8.42 Å². The molecule has 5 rings (SSSR count). The van der Waals surface area contributed by atoms with Crippen molar-refractivity contribution in [3.05, 3.63) is 60.4 Å². The molecule has 1 saturated heterocycles. The van der Waals surface area contributed by atoms with E-state index in [9.17, 15) is 8.42 Å². The first-order chi connectivity index (χ1) is 14.5. The average molecular weight is 424 g/mol. The van der Waals surface area contributed by atoms with Gasteiger partial charge in [0.25, 0.3) is 0 Å². The molecule has 8 heteroatoms. The number of nitrogens with one attached hydrogen (secondary N) is 2. The first kappa shape index (κ1) is 19.3. The Kier molecular flexibility index (Phi) is 4.85. The van der Waals surface area contributed by atoms with Crippen LogP contribution >= 0.6 is 0 Å². The van der Waals surface area contributed by atoms with Crippen molar-refractivity contribution in [2.45, 2.75) is 23.8 Å². The Labute approximate surface area is 175 Å². The minimum atomic E-state index is -3.64. The molecule has 2 aromatic carbocycles. The van der Waals surface area contributed by atoms with Crippen LogP contribution in [-0.2, 0) is 17.1 Å². The molecule has 2 N–H and O–H groups in total. The molecule has 1 aliphatic rings. The number of hydrogen-bond donors (Lipinski definition) is 2. The summed E-state index contributed by atoms with van der Waals surface area (Å²) in [5, 5.41) is 6.84. The monoisotopic (exact) mass is 423 g/mol. The number of rotatable bonds is 6. The van der Waals surface area contributed by atoms with Crippen molar-refractivity contribution in [1.29, 1.82) is 0 Å². The molecule has 0 aliphatic carbocycles. The lowest BCUT2D eigenvalue weighted by Gasteiger charge is -2.26. The van der Waals surface area contributed by atoms with Gasteiger partial charge in [-0.3, -0.25) is 9.58 Å². The number of sulfonamides is 1. The van der Waals surface area contributed by atoms with E-state index in [1.807, 2.05) is 48.3 Å². The third-order valence-corrected chi connectivity index (χ3v) is 7.41. The van der Waals surface area contributed by atoms with Gasteiger partial charge in [0.2, 0.25) is 10.0 Å². The zero-order valence-electron chi connectivity index (χ0n) is 16.9. The normalized spacial score (nSPS) is 16.6. The quantitative estimate of drug-likeness (QED) is 0.499. The maximum atomic E-state index is 13.0. The molecule has 30 heavy (non-hydrogen) atoms. The zero-order valence-corrected chi connectivity index (χ0v) is 17.7. The Morgan fingerprint density at radius 3 is 2.77 bits per heavy atom. The number of nitrogens with zero attached hydrogens (tertiary/aromatic N) is 3. The Hall–Kier alpha value is -2.68. The first-order valence-electron chi connectivity index (χ1n) is 10.3. The predicted octanol–water partition coefficient (Wildman–Crippen LogP) is 3.17. The molecule has 2 aromatic heterocycles. The average Bonchev–Trinajstić information content (AvgIpc) is 3.49. The van der Waals surface area contributed by atoms with Crippen LogP contribution in [-0.4, -0.2) is 47.7 Å². The third kappa shape index (κ3) is 3.40. The zero-order chi connectivity index (χ0) is 20.7. The number of aromatic amines is 1. The van der Waals surface area contributed by atoms with Gasteiger partial charge in [-0.25, -0.2) is 13.1 Å². The highest BCUT2D eigenvalue weighted by Crippen LogP contribution is 2.30. The van der Waals surface area contributed by atoms with E-state index in [0.29, 0.717) is 0 Å². The molecule has 156 valence electrons. The Balaban J connectivity index is 1.46. The molecule has 3 heterocycles. The molecule has 1 fully saturated rings.